The first kappa shape index (κ1) is 21.9. The number of hydrogen-bond acceptors (Lipinski definition) is 2. The van der Waals surface area contributed by atoms with Gasteiger partial charge in [0.05, 0.1) is 6.61 Å². The van der Waals surface area contributed by atoms with Crippen LogP contribution in [0.4, 0.5) is 0 Å². The molecule has 0 radical (unpaired) electrons. The molecule has 0 aliphatic heterocycles. The Hall–Kier alpha value is -1.05. The quantitative estimate of drug-likeness (QED) is 0.178. The van der Waals surface area contributed by atoms with Crippen molar-refractivity contribution in [2.24, 2.45) is 0 Å². The molecule has 0 aromatic heterocycles. The van der Waals surface area contributed by atoms with Crippen LogP contribution in [0, 0.1) is 0 Å². The minimum Gasteiger partial charge on any atom is -0.466 e. The van der Waals surface area contributed by atoms with Crippen molar-refractivity contribution in [2.45, 2.75) is 97.3 Å². The molecule has 0 saturated heterocycles. The van der Waals surface area contributed by atoms with Crippen molar-refractivity contribution < 1.29 is 9.53 Å². The first-order valence-electron chi connectivity index (χ1n) is 9.78. The zero-order chi connectivity index (χ0) is 17.0. The van der Waals surface area contributed by atoms with Crippen LogP contribution in [0.5, 0.6) is 0 Å². The number of ether oxygens (including phenoxy) is 1. The third kappa shape index (κ3) is 18.9. The molecule has 0 amide bonds. The number of esters is 1. The highest BCUT2D eigenvalue weighted by atomic mass is 16.5. The Labute approximate surface area is 144 Å². The van der Waals surface area contributed by atoms with Crippen LogP contribution in [0.2, 0.25) is 0 Å². The molecule has 0 aromatic carbocycles. The highest BCUT2D eigenvalue weighted by Gasteiger charge is 2.01. The van der Waals surface area contributed by atoms with Crippen LogP contribution in [0.3, 0.4) is 0 Å². The largest absolute Gasteiger partial charge is 0.466 e. The fourth-order valence-corrected chi connectivity index (χ4v) is 2.39. The molecule has 0 aromatic rings. The summed E-state index contributed by atoms with van der Waals surface area (Å²) in [4.78, 5) is 11.3. The highest BCUT2D eigenvalue weighted by molar-refractivity contribution is 5.69. The Morgan fingerprint density at radius 3 is 1.91 bits per heavy atom. The van der Waals surface area contributed by atoms with Gasteiger partial charge in [0.2, 0.25) is 0 Å². The van der Waals surface area contributed by atoms with Gasteiger partial charge in [0.15, 0.2) is 0 Å². The summed E-state index contributed by atoms with van der Waals surface area (Å²) in [6.07, 6.45) is 24.0. The SMILES string of the molecule is CCCCCC=CC=CCCCCCCCCC(=O)OCCC. The average molecular weight is 323 g/mol. The van der Waals surface area contributed by atoms with E-state index in [1.165, 1.54) is 57.8 Å². The van der Waals surface area contributed by atoms with Gasteiger partial charge in [0, 0.05) is 6.42 Å². The summed E-state index contributed by atoms with van der Waals surface area (Å²) in [5.74, 6) is -0.0280. The van der Waals surface area contributed by atoms with Gasteiger partial charge in [-0.1, -0.05) is 76.7 Å². The molecule has 0 N–H and O–H groups in total. The smallest absolute Gasteiger partial charge is 0.305 e. The van der Waals surface area contributed by atoms with Crippen molar-refractivity contribution in [2.75, 3.05) is 6.61 Å². The average Bonchev–Trinajstić information content (AvgIpc) is 2.56. The maximum Gasteiger partial charge on any atom is 0.305 e. The predicted molar refractivity (Wildman–Crippen MR) is 101 cm³/mol. The van der Waals surface area contributed by atoms with Gasteiger partial charge in [-0.25, -0.2) is 0 Å². The second kappa shape index (κ2) is 19.0. The predicted octanol–water partition coefficient (Wildman–Crippen LogP) is 6.75. The molecule has 0 aliphatic rings. The van der Waals surface area contributed by atoms with Gasteiger partial charge in [0.1, 0.15) is 0 Å². The Morgan fingerprint density at radius 2 is 1.30 bits per heavy atom. The van der Waals surface area contributed by atoms with Crippen LogP contribution in [0.1, 0.15) is 97.3 Å². The molecule has 2 nitrogen and oxygen atoms in total. The Morgan fingerprint density at radius 1 is 0.739 bits per heavy atom. The van der Waals surface area contributed by atoms with Crippen molar-refractivity contribution in [1.82, 2.24) is 0 Å². The van der Waals surface area contributed by atoms with Crippen LogP contribution in [-0.2, 0) is 9.53 Å². The number of carbonyl (C=O) groups is 1. The number of rotatable bonds is 16. The van der Waals surface area contributed by atoms with Crippen LogP contribution in [0.25, 0.3) is 0 Å². The van der Waals surface area contributed by atoms with E-state index in [4.69, 9.17) is 4.74 Å². The van der Waals surface area contributed by atoms with E-state index in [1.54, 1.807) is 0 Å². The van der Waals surface area contributed by atoms with E-state index in [0.717, 1.165) is 19.3 Å². The lowest BCUT2D eigenvalue weighted by Gasteiger charge is -2.03. The van der Waals surface area contributed by atoms with E-state index in [-0.39, 0.29) is 5.97 Å². The van der Waals surface area contributed by atoms with Crippen molar-refractivity contribution in [3.05, 3.63) is 24.3 Å². The number of unbranched alkanes of at least 4 members (excludes halogenated alkanes) is 9. The van der Waals surface area contributed by atoms with Crippen LogP contribution in [0.15, 0.2) is 24.3 Å². The van der Waals surface area contributed by atoms with E-state index in [1.807, 2.05) is 6.92 Å². The molecule has 23 heavy (non-hydrogen) atoms. The summed E-state index contributed by atoms with van der Waals surface area (Å²) in [5.41, 5.74) is 0. The van der Waals surface area contributed by atoms with Crippen molar-refractivity contribution in [3.63, 3.8) is 0 Å². The van der Waals surface area contributed by atoms with Crippen LogP contribution < -0.4 is 0 Å². The van der Waals surface area contributed by atoms with Crippen molar-refractivity contribution in [1.29, 1.82) is 0 Å². The maximum absolute atomic E-state index is 11.3. The van der Waals surface area contributed by atoms with E-state index in [9.17, 15) is 4.79 Å². The Balaban J connectivity index is 3.22. The van der Waals surface area contributed by atoms with Gasteiger partial charge in [-0.05, 0) is 38.5 Å². The van der Waals surface area contributed by atoms with Crippen molar-refractivity contribution >= 4 is 5.97 Å². The van der Waals surface area contributed by atoms with Gasteiger partial charge in [-0.2, -0.15) is 0 Å². The Bertz CT molecular complexity index is 305. The second-order valence-electron chi connectivity index (χ2n) is 6.23. The minimum atomic E-state index is -0.0280. The van der Waals surface area contributed by atoms with Gasteiger partial charge >= 0.3 is 5.97 Å². The normalized spacial score (nSPS) is 11.6. The topological polar surface area (TPSA) is 26.3 Å². The second-order valence-corrected chi connectivity index (χ2v) is 6.23. The molecule has 0 rings (SSSR count). The van der Waals surface area contributed by atoms with E-state index in [2.05, 4.69) is 31.2 Å². The number of carbonyl (C=O) groups excluding carboxylic acids is 1. The summed E-state index contributed by atoms with van der Waals surface area (Å²) in [6.45, 7) is 4.83. The number of allylic oxidation sites excluding steroid dienone is 4. The molecule has 134 valence electrons. The van der Waals surface area contributed by atoms with E-state index >= 15 is 0 Å². The molecule has 0 aliphatic carbocycles. The fraction of sp³-hybridized carbons (Fsp3) is 0.762. The molecular weight excluding hydrogens is 284 g/mol. The third-order valence-electron chi connectivity index (χ3n) is 3.83. The first-order valence-corrected chi connectivity index (χ1v) is 9.78. The number of hydrogen-bond donors (Lipinski definition) is 0. The summed E-state index contributed by atoms with van der Waals surface area (Å²) < 4.78 is 5.06. The fourth-order valence-electron chi connectivity index (χ4n) is 2.39. The maximum atomic E-state index is 11.3. The molecule has 2 heteroatoms. The summed E-state index contributed by atoms with van der Waals surface area (Å²) in [5, 5.41) is 0. The first-order chi connectivity index (χ1) is 11.3. The monoisotopic (exact) mass is 322 g/mol. The molecule has 0 atom stereocenters. The molecule has 0 fully saturated rings. The van der Waals surface area contributed by atoms with Crippen LogP contribution in [-0.4, -0.2) is 12.6 Å². The van der Waals surface area contributed by atoms with Gasteiger partial charge in [0.25, 0.3) is 0 Å². The van der Waals surface area contributed by atoms with E-state index < -0.39 is 0 Å². The van der Waals surface area contributed by atoms with Crippen molar-refractivity contribution in [3.8, 4) is 0 Å². The molecular formula is C21H38O2. The Kier molecular flexibility index (Phi) is 18.1. The van der Waals surface area contributed by atoms with E-state index in [0.29, 0.717) is 13.0 Å². The third-order valence-corrected chi connectivity index (χ3v) is 3.83. The van der Waals surface area contributed by atoms with Gasteiger partial charge in [-0.15, -0.1) is 0 Å². The van der Waals surface area contributed by atoms with Crippen LogP contribution >= 0.6 is 0 Å². The lowest BCUT2D eigenvalue weighted by molar-refractivity contribution is -0.143. The zero-order valence-corrected chi connectivity index (χ0v) is 15.5. The van der Waals surface area contributed by atoms with Gasteiger partial charge < -0.3 is 4.74 Å². The lowest BCUT2D eigenvalue weighted by atomic mass is 10.1. The summed E-state index contributed by atoms with van der Waals surface area (Å²) in [6, 6.07) is 0. The summed E-state index contributed by atoms with van der Waals surface area (Å²) >= 11 is 0. The standard InChI is InChI=1S/C21H38O2/c1-3-5-6-7-8-9-10-11-12-13-14-15-16-17-18-19-21(22)23-20-4-2/h8-11H,3-7,12-20H2,1-2H3. The van der Waals surface area contributed by atoms with Gasteiger partial charge in [-0.3, -0.25) is 4.79 Å². The lowest BCUT2D eigenvalue weighted by Crippen LogP contribution is -2.04. The minimum absolute atomic E-state index is 0.0280. The molecule has 0 spiro atoms. The molecule has 0 saturated carbocycles. The molecule has 0 heterocycles. The summed E-state index contributed by atoms with van der Waals surface area (Å²) in [7, 11) is 0. The molecule has 0 unspecified atom stereocenters. The molecule has 0 bridgehead atoms. The highest BCUT2D eigenvalue weighted by Crippen LogP contribution is 2.09. The zero-order valence-electron chi connectivity index (χ0n) is 15.5.